The number of hydrogen-bond donors (Lipinski definition) is 1. The second-order valence-corrected chi connectivity index (χ2v) is 5.60. The summed E-state index contributed by atoms with van der Waals surface area (Å²) in [6, 6.07) is 15.5. The third-order valence-electron chi connectivity index (χ3n) is 3.00. The van der Waals surface area contributed by atoms with Crippen LogP contribution in [0.1, 0.15) is 10.4 Å². The fourth-order valence-corrected chi connectivity index (χ4v) is 2.63. The zero-order valence-electron chi connectivity index (χ0n) is 10.8. The Balaban J connectivity index is 1.91. The largest absolute Gasteiger partial charge is 0.423 e. The normalized spacial score (nSPS) is 10.5. The van der Waals surface area contributed by atoms with Crippen molar-refractivity contribution in [2.45, 2.75) is 0 Å². The number of amides is 1. The Kier molecular flexibility index (Phi) is 3.74. The molecule has 0 radical (unpaired) electrons. The van der Waals surface area contributed by atoms with Crippen molar-refractivity contribution < 1.29 is 9.21 Å². The van der Waals surface area contributed by atoms with Crippen LogP contribution in [0, 0.1) is 3.57 Å². The molecule has 0 saturated heterocycles. The summed E-state index contributed by atoms with van der Waals surface area (Å²) in [6.45, 7) is 0. The molecule has 0 spiro atoms. The highest BCUT2D eigenvalue weighted by atomic mass is 127. The van der Waals surface area contributed by atoms with Crippen molar-refractivity contribution in [3.05, 3.63) is 74.2 Å². The van der Waals surface area contributed by atoms with E-state index >= 15 is 0 Å². The number of fused-ring (bicyclic) bond motifs is 1. The molecule has 2 aromatic carbocycles. The number of carbonyl (C=O) groups is 1. The number of benzene rings is 2. The van der Waals surface area contributed by atoms with Gasteiger partial charge in [-0.25, -0.2) is 4.79 Å². The van der Waals surface area contributed by atoms with Gasteiger partial charge in [-0.1, -0.05) is 12.1 Å². The van der Waals surface area contributed by atoms with Crippen LogP contribution in [0.2, 0.25) is 0 Å². The summed E-state index contributed by atoms with van der Waals surface area (Å²) < 4.78 is 5.94. The van der Waals surface area contributed by atoms with Crippen LogP contribution in [0.25, 0.3) is 11.0 Å². The number of anilines is 1. The van der Waals surface area contributed by atoms with Crippen LogP contribution in [0.15, 0.2) is 63.8 Å². The third-order valence-corrected chi connectivity index (χ3v) is 3.94. The number of halogens is 1. The van der Waals surface area contributed by atoms with Crippen LogP contribution in [0.3, 0.4) is 0 Å². The zero-order chi connectivity index (χ0) is 14.8. The van der Waals surface area contributed by atoms with Crippen molar-refractivity contribution in [3.8, 4) is 0 Å². The van der Waals surface area contributed by atoms with Crippen LogP contribution < -0.4 is 10.9 Å². The van der Waals surface area contributed by atoms with Gasteiger partial charge in [0.15, 0.2) is 0 Å². The highest BCUT2D eigenvalue weighted by Gasteiger charge is 2.09. The third kappa shape index (κ3) is 2.97. The lowest BCUT2D eigenvalue weighted by Gasteiger charge is -2.07. The maximum atomic E-state index is 12.2. The Morgan fingerprint density at radius 3 is 2.67 bits per heavy atom. The molecule has 1 heterocycles. The standard InChI is InChI=1S/C16H10INO3/c17-13-4-2-1-3-12(13)16(20)18-11-6-7-14-10(9-11)5-8-15(19)21-14/h1-9H,(H,18,20). The van der Waals surface area contributed by atoms with Gasteiger partial charge in [0.2, 0.25) is 0 Å². The summed E-state index contributed by atoms with van der Waals surface area (Å²) in [6.07, 6.45) is 0. The van der Waals surface area contributed by atoms with E-state index in [2.05, 4.69) is 27.9 Å². The van der Waals surface area contributed by atoms with Gasteiger partial charge in [0.25, 0.3) is 5.91 Å². The van der Waals surface area contributed by atoms with E-state index in [1.807, 2.05) is 18.2 Å². The lowest BCUT2D eigenvalue weighted by molar-refractivity contribution is 0.102. The van der Waals surface area contributed by atoms with Gasteiger partial charge in [-0.3, -0.25) is 4.79 Å². The number of carbonyl (C=O) groups excluding carboxylic acids is 1. The number of nitrogens with one attached hydrogen (secondary N) is 1. The fourth-order valence-electron chi connectivity index (χ4n) is 1.99. The molecule has 104 valence electrons. The molecule has 3 aromatic rings. The van der Waals surface area contributed by atoms with E-state index in [9.17, 15) is 9.59 Å². The summed E-state index contributed by atoms with van der Waals surface area (Å²) in [5.41, 5.74) is 1.38. The molecule has 1 amide bonds. The molecule has 1 aromatic heterocycles. The van der Waals surface area contributed by atoms with Crippen LogP contribution in [-0.2, 0) is 0 Å². The van der Waals surface area contributed by atoms with Gasteiger partial charge >= 0.3 is 5.63 Å². The van der Waals surface area contributed by atoms with Crippen molar-refractivity contribution in [2.75, 3.05) is 5.32 Å². The second-order valence-electron chi connectivity index (χ2n) is 4.44. The topological polar surface area (TPSA) is 59.3 Å². The van der Waals surface area contributed by atoms with Crippen molar-refractivity contribution >= 4 is 45.2 Å². The van der Waals surface area contributed by atoms with E-state index in [4.69, 9.17) is 4.42 Å². The van der Waals surface area contributed by atoms with E-state index in [1.165, 1.54) is 6.07 Å². The molecule has 0 saturated carbocycles. The maximum absolute atomic E-state index is 12.2. The molecule has 0 unspecified atom stereocenters. The lowest BCUT2D eigenvalue weighted by atomic mass is 10.2. The summed E-state index contributed by atoms with van der Waals surface area (Å²) in [7, 11) is 0. The van der Waals surface area contributed by atoms with Gasteiger partial charge in [-0.2, -0.15) is 0 Å². The SMILES string of the molecule is O=C(Nc1ccc2oc(=O)ccc2c1)c1ccccc1I. The molecule has 0 bridgehead atoms. The highest BCUT2D eigenvalue weighted by Crippen LogP contribution is 2.19. The maximum Gasteiger partial charge on any atom is 0.336 e. The van der Waals surface area contributed by atoms with Crippen molar-refractivity contribution in [1.82, 2.24) is 0 Å². The first kappa shape index (κ1) is 13.8. The summed E-state index contributed by atoms with van der Waals surface area (Å²) in [5, 5.41) is 3.60. The van der Waals surface area contributed by atoms with Gasteiger partial charge in [-0.15, -0.1) is 0 Å². The minimum atomic E-state index is -0.391. The second kappa shape index (κ2) is 5.69. The van der Waals surface area contributed by atoms with E-state index < -0.39 is 5.63 Å². The molecule has 3 rings (SSSR count). The smallest absolute Gasteiger partial charge is 0.336 e. The van der Waals surface area contributed by atoms with Gasteiger partial charge in [0.1, 0.15) is 5.58 Å². The minimum Gasteiger partial charge on any atom is -0.423 e. The molecule has 0 atom stereocenters. The Labute approximate surface area is 133 Å². The molecule has 0 fully saturated rings. The number of rotatable bonds is 2. The van der Waals surface area contributed by atoms with Crippen LogP contribution in [-0.4, -0.2) is 5.91 Å². The molecule has 5 heteroatoms. The highest BCUT2D eigenvalue weighted by molar-refractivity contribution is 14.1. The Morgan fingerprint density at radius 2 is 1.86 bits per heavy atom. The number of hydrogen-bond acceptors (Lipinski definition) is 3. The average Bonchev–Trinajstić information content (AvgIpc) is 2.48. The zero-order valence-corrected chi connectivity index (χ0v) is 13.0. The lowest BCUT2D eigenvalue weighted by Crippen LogP contribution is -2.13. The van der Waals surface area contributed by atoms with Gasteiger partial charge in [0.05, 0.1) is 5.56 Å². The van der Waals surface area contributed by atoms with Crippen LogP contribution in [0.4, 0.5) is 5.69 Å². The van der Waals surface area contributed by atoms with Crippen molar-refractivity contribution in [2.24, 2.45) is 0 Å². The first-order valence-corrected chi connectivity index (χ1v) is 7.31. The van der Waals surface area contributed by atoms with E-state index in [0.29, 0.717) is 16.8 Å². The Bertz CT molecular complexity index is 886. The fraction of sp³-hybridized carbons (Fsp3) is 0. The molecule has 0 aliphatic carbocycles. The molecule has 21 heavy (non-hydrogen) atoms. The summed E-state index contributed by atoms with van der Waals surface area (Å²) >= 11 is 2.13. The molecule has 1 N–H and O–H groups in total. The van der Waals surface area contributed by atoms with E-state index in [1.54, 1.807) is 30.3 Å². The van der Waals surface area contributed by atoms with Gasteiger partial charge < -0.3 is 9.73 Å². The molecular weight excluding hydrogens is 381 g/mol. The average molecular weight is 391 g/mol. The summed E-state index contributed by atoms with van der Waals surface area (Å²) in [4.78, 5) is 23.4. The minimum absolute atomic E-state index is 0.170. The molecule has 4 nitrogen and oxygen atoms in total. The molecular formula is C16H10INO3. The van der Waals surface area contributed by atoms with E-state index in [-0.39, 0.29) is 5.91 Å². The predicted molar refractivity (Wildman–Crippen MR) is 89.6 cm³/mol. The Morgan fingerprint density at radius 1 is 1.05 bits per heavy atom. The predicted octanol–water partition coefficient (Wildman–Crippen LogP) is 3.65. The van der Waals surface area contributed by atoms with Crippen LogP contribution in [0.5, 0.6) is 0 Å². The molecule has 0 aliphatic rings. The first-order valence-electron chi connectivity index (χ1n) is 6.23. The monoisotopic (exact) mass is 391 g/mol. The van der Waals surface area contributed by atoms with E-state index in [0.717, 1.165) is 8.96 Å². The van der Waals surface area contributed by atoms with Gasteiger partial charge in [0, 0.05) is 20.7 Å². The Hall–Kier alpha value is -2.15. The first-order chi connectivity index (χ1) is 10.1. The quantitative estimate of drug-likeness (QED) is 0.536. The van der Waals surface area contributed by atoms with Gasteiger partial charge in [-0.05, 0) is 59.0 Å². The van der Waals surface area contributed by atoms with Crippen LogP contribution >= 0.6 is 22.6 Å². The van der Waals surface area contributed by atoms with Crippen molar-refractivity contribution in [1.29, 1.82) is 0 Å². The summed E-state index contributed by atoms with van der Waals surface area (Å²) in [5.74, 6) is -0.170. The molecule has 0 aliphatic heterocycles. The van der Waals surface area contributed by atoms with Crippen molar-refractivity contribution in [3.63, 3.8) is 0 Å².